The normalized spacial score (nSPS) is 15.5. The number of hydrogen-bond acceptors (Lipinski definition) is 5. The molecule has 1 unspecified atom stereocenters. The number of rotatable bonds is 3. The van der Waals surface area contributed by atoms with Crippen LogP contribution in [0.3, 0.4) is 0 Å². The first-order valence-corrected chi connectivity index (χ1v) is 8.41. The van der Waals surface area contributed by atoms with E-state index in [0.29, 0.717) is 41.2 Å². The Hall–Kier alpha value is -3.55. The largest absolute Gasteiger partial charge is 0.486 e. The summed E-state index contributed by atoms with van der Waals surface area (Å²) in [7, 11) is 1.67. The summed E-state index contributed by atoms with van der Waals surface area (Å²) in [6.07, 6.45) is -0.287. The lowest BCUT2D eigenvalue weighted by Gasteiger charge is -2.29. The van der Waals surface area contributed by atoms with Gasteiger partial charge >= 0.3 is 11.1 Å². The summed E-state index contributed by atoms with van der Waals surface area (Å²) >= 11 is 0. The molecule has 0 aliphatic carbocycles. The Kier molecular flexibility index (Phi) is 4.15. The van der Waals surface area contributed by atoms with Gasteiger partial charge in [0.25, 0.3) is 5.91 Å². The molecule has 27 heavy (non-hydrogen) atoms. The number of nitrogens with one attached hydrogen (secondary N) is 2. The van der Waals surface area contributed by atoms with Crippen molar-refractivity contribution in [2.75, 3.05) is 20.2 Å². The maximum atomic E-state index is 12.7. The van der Waals surface area contributed by atoms with Crippen molar-refractivity contribution >= 4 is 16.9 Å². The summed E-state index contributed by atoms with van der Waals surface area (Å²) in [6.45, 7) is 0.689. The molecule has 138 valence electrons. The third-order valence-electron chi connectivity index (χ3n) is 4.36. The van der Waals surface area contributed by atoms with Gasteiger partial charge in [-0.2, -0.15) is 0 Å². The summed E-state index contributed by atoms with van der Waals surface area (Å²) < 4.78 is 11.5. The number of ether oxygens (including phenoxy) is 2. The van der Waals surface area contributed by atoms with E-state index in [2.05, 4.69) is 9.97 Å². The lowest BCUT2D eigenvalue weighted by Crippen LogP contribution is -2.41. The minimum absolute atomic E-state index is 0.230. The fourth-order valence-electron chi connectivity index (χ4n) is 3.01. The van der Waals surface area contributed by atoms with E-state index >= 15 is 0 Å². The maximum Gasteiger partial charge on any atom is 0.314 e. The zero-order valence-corrected chi connectivity index (χ0v) is 14.5. The van der Waals surface area contributed by atoms with E-state index in [9.17, 15) is 14.4 Å². The molecule has 0 spiro atoms. The van der Waals surface area contributed by atoms with E-state index in [1.54, 1.807) is 25.2 Å². The highest BCUT2D eigenvalue weighted by atomic mass is 16.6. The molecule has 1 amide bonds. The van der Waals surface area contributed by atoms with Crippen molar-refractivity contribution in [2.24, 2.45) is 0 Å². The fraction of sp³-hybridized carbons (Fsp3) is 0.211. The lowest BCUT2D eigenvalue weighted by atomic mass is 10.1. The Labute approximate surface area is 153 Å². The predicted molar refractivity (Wildman–Crippen MR) is 98.5 cm³/mol. The molecule has 0 fully saturated rings. The minimum atomic E-state index is -0.758. The number of aromatic amines is 2. The Morgan fingerprint density at radius 1 is 1.07 bits per heavy atom. The van der Waals surface area contributed by atoms with Gasteiger partial charge in [0.1, 0.15) is 6.61 Å². The van der Waals surface area contributed by atoms with Gasteiger partial charge in [-0.05, 0) is 30.3 Å². The molecule has 0 radical (unpaired) electrons. The molecule has 0 saturated heterocycles. The SMILES string of the molecule is CN(CC1COc2ccccc2O1)C(=O)c1ccc2[nH]c(=O)c(=O)[nH]c2c1. The average molecular weight is 367 g/mol. The van der Waals surface area contributed by atoms with E-state index in [0.717, 1.165) is 0 Å². The Morgan fingerprint density at radius 2 is 1.78 bits per heavy atom. The van der Waals surface area contributed by atoms with Gasteiger partial charge in [-0.25, -0.2) is 0 Å². The molecular weight excluding hydrogens is 350 g/mol. The molecule has 0 bridgehead atoms. The molecule has 2 N–H and O–H groups in total. The molecule has 4 rings (SSSR count). The highest BCUT2D eigenvalue weighted by molar-refractivity contribution is 5.97. The molecule has 0 saturated carbocycles. The summed E-state index contributed by atoms with van der Waals surface area (Å²) in [6, 6.07) is 12.1. The molecule has 1 aliphatic rings. The van der Waals surface area contributed by atoms with Crippen molar-refractivity contribution in [1.82, 2.24) is 14.9 Å². The van der Waals surface area contributed by atoms with Crippen LogP contribution < -0.4 is 20.6 Å². The summed E-state index contributed by atoms with van der Waals surface area (Å²) in [5.74, 6) is 1.11. The van der Waals surface area contributed by atoms with Crippen LogP contribution in [0.1, 0.15) is 10.4 Å². The van der Waals surface area contributed by atoms with Crippen LogP contribution in [0, 0.1) is 0 Å². The highest BCUT2D eigenvalue weighted by Crippen LogP contribution is 2.31. The Balaban J connectivity index is 1.51. The van der Waals surface area contributed by atoms with Crippen molar-refractivity contribution in [2.45, 2.75) is 6.10 Å². The van der Waals surface area contributed by atoms with Crippen molar-refractivity contribution in [1.29, 1.82) is 0 Å². The lowest BCUT2D eigenvalue weighted by molar-refractivity contribution is 0.0521. The van der Waals surface area contributed by atoms with E-state index in [1.807, 2.05) is 24.3 Å². The summed E-state index contributed by atoms with van der Waals surface area (Å²) in [4.78, 5) is 42.1. The third-order valence-corrected chi connectivity index (χ3v) is 4.36. The van der Waals surface area contributed by atoms with Crippen LogP contribution >= 0.6 is 0 Å². The first kappa shape index (κ1) is 16.9. The maximum absolute atomic E-state index is 12.7. The van der Waals surface area contributed by atoms with Crippen LogP contribution in [-0.2, 0) is 0 Å². The van der Waals surface area contributed by atoms with Gasteiger partial charge in [-0.1, -0.05) is 12.1 Å². The molecular formula is C19H17N3O5. The van der Waals surface area contributed by atoms with Crippen molar-refractivity contribution in [3.63, 3.8) is 0 Å². The molecule has 8 heteroatoms. The number of benzene rings is 2. The quantitative estimate of drug-likeness (QED) is 0.675. The van der Waals surface area contributed by atoms with Gasteiger partial charge in [0, 0.05) is 12.6 Å². The zero-order chi connectivity index (χ0) is 19.0. The molecule has 2 heterocycles. The number of carbonyl (C=O) groups excluding carboxylic acids is 1. The van der Waals surface area contributed by atoms with Crippen LogP contribution in [0.25, 0.3) is 11.0 Å². The van der Waals surface area contributed by atoms with E-state index in [1.165, 1.54) is 4.90 Å². The molecule has 2 aromatic carbocycles. The molecule has 1 aromatic heterocycles. The van der Waals surface area contributed by atoms with Crippen LogP contribution in [0.15, 0.2) is 52.1 Å². The van der Waals surface area contributed by atoms with Crippen LogP contribution in [0.4, 0.5) is 0 Å². The van der Waals surface area contributed by atoms with Gasteiger partial charge in [-0.3, -0.25) is 14.4 Å². The monoisotopic (exact) mass is 367 g/mol. The van der Waals surface area contributed by atoms with Gasteiger partial charge in [0.15, 0.2) is 17.6 Å². The Morgan fingerprint density at radius 3 is 2.56 bits per heavy atom. The van der Waals surface area contributed by atoms with E-state index in [-0.39, 0.29) is 12.0 Å². The molecule has 8 nitrogen and oxygen atoms in total. The van der Waals surface area contributed by atoms with Crippen molar-refractivity contribution in [3.05, 3.63) is 68.7 Å². The van der Waals surface area contributed by atoms with Gasteiger partial charge in [-0.15, -0.1) is 0 Å². The smallest absolute Gasteiger partial charge is 0.314 e. The number of para-hydroxylation sites is 2. The standard InChI is InChI=1S/C19H17N3O5/c1-22(9-12-10-26-15-4-2-3-5-16(15)27-12)19(25)11-6-7-13-14(8-11)21-18(24)17(23)20-13/h2-8,12H,9-10H2,1H3,(H,20,23)(H,21,24). The fourth-order valence-corrected chi connectivity index (χ4v) is 3.01. The summed E-state index contributed by atoms with van der Waals surface area (Å²) in [5, 5.41) is 0. The Bertz CT molecular complexity index is 1130. The number of hydrogen-bond donors (Lipinski definition) is 2. The number of amides is 1. The number of fused-ring (bicyclic) bond motifs is 2. The first-order chi connectivity index (χ1) is 13.0. The van der Waals surface area contributed by atoms with Crippen molar-refractivity contribution < 1.29 is 14.3 Å². The second kappa shape index (κ2) is 6.64. The number of H-pyrrole nitrogens is 2. The van der Waals surface area contributed by atoms with Gasteiger partial charge in [0.05, 0.1) is 17.6 Å². The van der Waals surface area contributed by atoms with Crippen LogP contribution in [0.5, 0.6) is 11.5 Å². The first-order valence-electron chi connectivity index (χ1n) is 8.41. The zero-order valence-electron chi connectivity index (χ0n) is 14.5. The van der Waals surface area contributed by atoms with Gasteiger partial charge < -0.3 is 24.3 Å². The van der Waals surface area contributed by atoms with Gasteiger partial charge in [0.2, 0.25) is 0 Å². The van der Waals surface area contributed by atoms with E-state index < -0.39 is 11.1 Å². The second-order valence-corrected chi connectivity index (χ2v) is 6.35. The topological polar surface area (TPSA) is 104 Å². The highest BCUT2D eigenvalue weighted by Gasteiger charge is 2.24. The number of carbonyl (C=O) groups is 1. The molecule has 3 aromatic rings. The number of aromatic nitrogens is 2. The molecule has 1 aliphatic heterocycles. The summed E-state index contributed by atoms with van der Waals surface area (Å²) in [5.41, 5.74) is -0.241. The molecule has 1 atom stereocenters. The van der Waals surface area contributed by atoms with Crippen LogP contribution in [0.2, 0.25) is 0 Å². The second-order valence-electron chi connectivity index (χ2n) is 6.35. The van der Waals surface area contributed by atoms with E-state index in [4.69, 9.17) is 9.47 Å². The predicted octanol–water partition coefficient (Wildman–Crippen LogP) is 1.13. The number of nitrogens with zero attached hydrogens (tertiary/aromatic N) is 1. The van der Waals surface area contributed by atoms with Crippen LogP contribution in [-0.4, -0.2) is 47.1 Å². The minimum Gasteiger partial charge on any atom is -0.486 e. The van der Waals surface area contributed by atoms with Crippen molar-refractivity contribution in [3.8, 4) is 11.5 Å². The number of likely N-dealkylation sites (N-methyl/N-ethyl adjacent to an activating group) is 1. The average Bonchev–Trinajstić information content (AvgIpc) is 2.68. The third kappa shape index (κ3) is 3.29.